The number of morpholine rings is 1. The highest BCUT2D eigenvalue weighted by atomic mass is 32.2. The minimum atomic E-state index is -3.64. The van der Waals surface area contributed by atoms with Gasteiger partial charge in [-0.05, 0) is 32.0 Å². The molecule has 2 N–H and O–H groups in total. The predicted octanol–water partition coefficient (Wildman–Crippen LogP) is 0.790. The van der Waals surface area contributed by atoms with E-state index in [9.17, 15) is 8.42 Å². The van der Waals surface area contributed by atoms with Crippen molar-refractivity contribution >= 4 is 22.2 Å². The molecule has 2 saturated heterocycles. The number of hydrogen-bond acceptors (Lipinski definition) is 7. The third kappa shape index (κ3) is 4.70. The Morgan fingerprint density at radius 2 is 1.97 bits per heavy atom. The van der Waals surface area contributed by atoms with E-state index in [-0.39, 0.29) is 17.0 Å². The second kappa shape index (κ2) is 9.69. The van der Waals surface area contributed by atoms with Gasteiger partial charge in [-0.3, -0.25) is 9.89 Å². The summed E-state index contributed by atoms with van der Waals surface area (Å²) in [6, 6.07) is 5.24. The molecule has 35 heavy (non-hydrogen) atoms. The largest absolute Gasteiger partial charge is 0.491 e. The molecule has 0 radical (unpaired) electrons. The SMILES string of the molecule is CC(C)N=C(N=CN)c1cn2c(n1)-c1cc(S(=O)(=O)N3CC(N4CCOCC4)C3)ccc1OCC2. The predicted molar refractivity (Wildman–Crippen MR) is 132 cm³/mol. The Labute approximate surface area is 205 Å². The van der Waals surface area contributed by atoms with Gasteiger partial charge in [0.15, 0.2) is 5.84 Å². The van der Waals surface area contributed by atoms with Crippen molar-refractivity contribution in [3.8, 4) is 17.1 Å². The zero-order valence-electron chi connectivity index (χ0n) is 20.0. The van der Waals surface area contributed by atoms with E-state index in [1.54, 1.807) is 18.2 Å². The Bertz CT molecular complexity index is 1240. The lowest BCUT2D eigenvalue weighted by atomic mass is 10.1. The number of hydrogen-bond donors (Lipinski definition) is 1. The number of sulfonamides is 1. The number of nitrogens with two attached hydrogens (primary N) is 1. The average Bonchev–Trinajstić information content (AvgIpc) is 3.14. The molecule has 1 aromatic heterocycles. The second-order valence-electron chi connectivity index (χ2n) is 9.10. The molecular formula is C23H31N7O4S. The number of rotatable bonds is 5. The molecule has 2 fully saturated rings. The van der Waals surface area contributed by atoms with Gasteiger partial charge in [0.2, 0.25) is 10.0 Å². The number of aromatic nitrogens is 2. The maximum Gasteiger partial charge on any atom is 0.243 e. The summed E-state index contributed by atoms with van der Waals surface area (Å²) in [5.41, 5.74) is 6.73. The van der Waals surface area contributed by atoms with Crippen molar-refractivity contribution in [1.82, 2.24) is 18.8 Å². The topological polar surface area (TPSA) is 128 Å². The summed E-state index contributed by atoms with van der Waals surface area (Å²) in [7, 11) is -3.64. The first-order valence-electron chi connectivity index (χ1n) is 11.9. The van der Waals surface area contributed by atoms with E-state index in [2.05, 4.69) is 14.9 Å². The van der Waals surface area contributed by atoms with Crippen molar-refractivity contribution in [2.45, 2.75) is 37.4 Å². The lowest BCUT2D eigenvalue weighted by Gasteiger charge is -2.45. The van der Waals surface area contributed by atoms with Gasteiger partial charge in [0.1, 0.15) is 23.9 Å². The van der Waals surface area contributed by atoms with Crippen molar-refractivity contribution in [2.24, 2.45) is 15.7 Å². The molecule has 0 atom stereocenters. The molecule has 12 heteroatoms. The molecule has 0 unspecified atom stereocenters. The van der Waals surface area contributed by atoms with E-state index in [0.29, 0.717) is 68.1 Å². The Morgan fingerprint density at radius 3 is 2.69 bits per heavy atom. The van der Waals surface area contributed by atoms with Crippen molar-refractivity contribution in [1.29, 1.82) is 0 Å². The maximum absolute atomic E-state index is 13.4. The van der Waals surface area contributed by atoms with Crippen LogP contribution in [-0.2, 0) is 21.3 Å². The maximum atomic E-state index is 13.4. The van der Waals surface area contributed by atoms with E-state index in [4.69, 9.17) is 20.2 Å². The molecule has 11 nitrogen and oxygen atoms in total. The average molecular weight is 502 g/mol. The number of benzene rings is 1. The monoisotopic (exact) mass is 501 g/mol. The lowest BCUT2D eigenvalue weighted by Crippen LogP contribution is -2.62. The fraction of sp³-hybridized carbons (Fsp3) is 0.522. The number of imidazole rings is 1. The highest BCUT2D eigenvalue weighted by Crippen LogP contribution is 2.36. The number of nitrogens with zero attached hydrogens (tertiary/aromatic N) is 6. The zero-order chi connectivity index (χ0) is 24.6. The first-order valence-corrected chi connectivity index (χ1v) is 13.3. The van der Waals surface area contributed by atoms with Crippen LogP contribution in [0.2, 0.25) is 0 Å². The summed E-state index contributed by atoms with van der Waals surface area (Å²) in [5, 5.41) is 0. The first kappa shape index (κ1) is 23.9. The normalized spacial score (nSPS) is 20.4. The summed E-state index contributed by atoms with van der Waals surface area (Å²) in [6.45, 7) is 8.96. The van der Waals surface area contributed by atoms with Gasteiger partial charge in [0.25, 0.3) is 0 Å². The standard InChI is InChI=1S/C23H31N7O4S/c1-16(2)26-22(25-15-24)20-14-29-7-10-34-21-4-3-18(11-19(21)23(29)27-20)35(31,32)30-12-17(13-30)28-5-8-33-9-6-28/h3-4,11,14-17H,5-10,12-13H2,1-2H3,(H2,24,25,26). The third-order valence-electron chi connectivity index (χ3n) is 6.39. The first-order chi connectivity index (χ1) is 16.9. The Morgan fingerprint density at radius 1 is 1.20 bits per heavy atom. The summed E-state index contributed by atoms with van der Waals surface area (Å²) in [4.78, 5) is 16.0. The molecular weight excluding hydrogens is 470 g/mol. The highest BCUT2D eigenvalue weighted by Gasteiger charge is 2.40. The van der Waals surface area contributed by atoms with E-state index >= 15 is 0 Å². The molecule has 4 heterocycles. The third-order valence-corrected chi connectivity index (χ3v) is 8.22. The molecule has 2 aromatic rings. The van der Waals surface area contributed by atoms with Crippen LogP contribution in [0.4, 0.5) is 0 Å². The quantitative estimate of drug-likeness (QED) is 0.474. The summed E-state index contributed by atoms with van der Waals surface area (Å²) in [5.74, 6) is 1.64. The summed E-state index contributed by atoms with van der Waals surface area (Å²) < 4.78 is 41.6. The van der Waals surface area contributed by atoms with Crippen molar-refractivity contribution < 1.29 is 17.9 Å². The van der Waals surface area contributed by atoms with Crippen LogP contribution in [-0.4, -0.2) is 97.4 Å². The minimum Gasteiger partial charge on any atom is -0.491 e. The molecule has 5 rings (SSSR count). The van der Waals surface area contributed by atoms with Crippen molar-refractivity contribution in [3.63, 3.8) is 0 Å². The van der Waals surface area contributed by atoms with Crippen LogP contribution in [0.3, 0.4) is 0 Å². The van der Waals surface area contributed by atoms with Gasteiger partial charge in [-0.25, -0.2) is 18.4 Å². The Kier molecular flexibility index (Phi) is 6.62. The van der Waals surface area contributed by atoms with Crippen LogP contribution >= 0.6 is 0 Å². The minimum absolute atomic E-state index is 0.0142. The van der Waals surface area contributed by atoms with Crippen LogP contribution in [0.5, 0.6) is 5.75 Å². The van der Waals surface area contributed by atoms with E-state index in [0.717, 1.165) is 13.1 Å². The van der Waals surface area contributed by atoms with E-state index < -0.39 is 10.0 Å². The van der Waals surface area contributed by atoms with Gasteiger partial charge in [0, 0.05) is 44.5 Å². The van der Waals surface area contributed by atoms with Gasteiger partial charge >= 0.3 is 0 Å². The molecule has 0 amide bonds. The molecule has 1 aromatic carbocycles. The lowest BCUT2D eigenvalue weighted by molar-refractivity contribution is -0.0116. The van der Waals surface area contributed by atoms with Crippen molar-refractivity contribution in [3.05, 3.63) is 30.1 Å². The molecule has 188 valence electrons. The molecule has 3 aliphatic heterocycles. The van der Waals surface area contributed by atoms with Gasteiger partial charge in [-0.15, -0.1) is 0 Å². The molecule has 0 aliphatic carbocycles. The number of fused-ring (bicyclic) bond motifs is 3. The fourth-order valence-electron chi connectivity index (χ4n) is 4.55. The summed E-state index contributed by atoms with van der Waals surface area (Å²) >= 11 is 0. The van der Waals surface area contributed by atoms with E-state index in [1.165, 1.54) is 10.6 Å². The molecule has 0 spiro atoms. The van der Waals surface area contributed by atoms with Gasteiger partial charge in [-0.2, -0.15) is 4.31 Å². The van der Waals surface area contributed by atoms with Crippen molar-refractivity contribution in [2.75, 3.05) is 46.0 Å². The second-order valence-corrected chi connectivity index (χ2v) is 11.0. The van der Waals surface area contributed by atoms with Crippen LogP contribution in [0, 0.1) is 0 Å². The van der Waals surface area contributed by atoms with Crippen LogP contribution in [0.25, 0.3) is 11.4 Å². The van der Waals surface area contributed by atoms with E-state index in [1.807, 2.05) is 24.6 Å². The van der Waals surface area contributed by atoms with Crippen LogP contribution in [0.1, 0.15) is 19.5 Å². The van der Waals surface area contributed by atoms with Gasteiger partial charge in [-0.1, -0.05) is 0 Å². The Hall–Kier alpha value is -2.80. The summed E-state index contributed by atoms with van der Waals surface area (Å²) in [6.07, 6.45) is 3.05. The highest BCUT2D eigenvalue weighted by molar-refractivity contribution is 7.89. The zero-order valence-corrected chi connectivity index (χ0v) is 20.8. The Balaban J connectivity index is 1.44. The number of ether oxygens (including phenoxy) is 2. The number of aliphatic imine (C=N–C) groups is 2. The molecule has 0 saturated carbocycles. The number of amidine groups is 1. The smallest absolute Gasteiger partial charge is 0.243 e. The van der Waals surface area contributed by atoms with Crippen LogP contribution < -0.4 is 10.5 Å². The van der Waals surface area contributed by atoms with Crippen LogP contribution in [0.15, 0.2) is 39.3 Å². The van der Waals surface area contributed by atoms with Gasteiger partial charge < -0.3 is 19.8 Å². The molecule has 3 aliphatic rings. The fourth-order valence-corrected chi connectivity index (χ4v) is 6.09. The molecule has 0 bridgehead atoms. The van der Waals surface area contributed by atoms with Gasteiger partial charge in [0.05, 0.1) is 36.6 Å².